The summed E-state index contributed by atoms with van der Waals surface area (Å²) in [6.07, 6.45) is 6.50. The molecular formula is C60H48N2Si. The lowest BCUT2D eigenvalue weighted by molar-refractivity contribution is 0.445. The van der Waals surface area contributed by atoms with Gasteiger partial charge in [0.05, 0.1) is 22.1 Å². The number of fused-ring (bicyclic) bond motifs is 6. The predicted molar refractivity (Wildman–Crippen MR) is 270 cm³/mol. The van der Waals surface area contributed by atoms with E-state index in [1.807, 2.05) is 0 Å². The normalized spacial score (nSPS) is 13.7. The molecule has 3 heteroatoms. The van der Waals surface area contributed by atoms with Gasteiger partial charge in [-0.05, 0) is 92.6 Å². The van der Waals surface area contributed by atoms with Crippen LogP contribution in [0.4, 0.5) is 0 Å². The molecular weight excluding hydrogens is 777 g/mol. The quantitative estimate of drug-likeness (QED) is 0.107. The lowest BCUT2D eigenvalue weighted by atomic mass is 9.83. The second-order valence-corrected chi connectivity index (χ2v) is 21.3. The SMILES string of the molecule is c1ccc([Si](c2ccccc2)(c2ccccc2)c2cccc(-c3cccc(-n4c5ccccc5c5ccc(-n6c7ccccc7c7cccc(C8CCCCC8)c76)cc54)c3)c2)cc1. The first-order valence-corrected chi connectivity index (χ1v) is 24.7. The van der Waals surface area contributed by atoms with Crippen LogP contribution in [0.3, 0.4) is 0 Å². The highest BCUT2D eigenvalue weighted by molar-refractivity contribution is 7.19. The molecule has 1 aliphatic carbocycles. The van der Waals surface area contributed by atoms with Crippen molar-refractivity contribution in [1.29, 1.82) is 0 Å². The van der Waals surface area contributed by atoms with Gasteiger partial charge >= 0.3 is 0 Å². The third kappa shape index (κ3) is 6.13. The van der Waals surface area contributed by atoms with Crippen LogP contribution >= 0.6 is 0 Å². The Morgan fingerprint density at radius 3 is 1.49 bits per heavy atom. The van der Waals surface area contributed by atoms with Crippen molar-refractivity contribution in [2.45, 2.75) is 38.0 Å². The van der Waals surface area contributed by atoms with E-state index < -0.39 is 8.07 Å². The summed E-state index contributed by atoms with van der Waals surface area (Å²) >= 11 is 0. The van der Waals surface area contributed by atoms with Crippen LogP contribution in [0.15, 0.2) is 224 Å². The lowest BCUT2D eigenvalue weighted by Crippen LogP contribution is -2.74. The van der Waals surface area contributed by atoms with Gasteiger partial charge in [-0.25, -0.2) is 0 Å². The molecule has 0 amide bonds. The third-order valence-corrected chi connectivity index (χ3v) is 18.8. The van der Waals surface area contributed by atoms with Crippen molar-refractivity contribution in [3.8, 4) is 22.5 Å². The molecule has 2 heterocycles. The maximum absolute atomic E-state index is 2.70. The van der Waals surface area contributed by atoms with Gasteiger partial charge in [-0.2, -0.15) is 0 Å². The molecule has 0 N–H and O–H groups in total. The Balaban J connectivity index is 1.05. The highest BCUT2D eigenvalue weighted by Crippen LogP contribution is 2.42. The van der Waals surface area contributed by atoms with Crippen LogP contribution in [0.25, 0.3) is 66.1 Å². The molecule has 9 aromatic carbocycles. The molecule has 0 aliphatic heterocycles. The number of hydrogen-bond acceptors (Lipinski definition) is 0. The van der Waals surface area contributed by atoms with Gasteiger partial charge in [0.2, 0.25) is 0 Å². The van der Waals surface area contributed by atoms with Crippen LogP contribution in [-0.2, 0) is 0 Å². The fourth-order valence-corrected chi connectivity index (χ4v) is 16.0. The molecule has 1 saturated carbocycles. The van der Waals surface area contributed by atoms with E-state index in [-0.39, 0.29) is 0 Å². The Labute approximate surface area is 370 Å². The van der Waals surface area contributed by atoms with Crippen LogP contribution < -0.4 is 20.7 Å². The van der Waals surface area contributed by atoms with Crippen LogP contribution in [0.2, 0.25) is 0 Å². The van der Waals surface area contributed by atoms with E-state index in [0.717, 1.165) is 5.69 Å². The lowest BCUT2D eigenvalue weighted by Gasteiger charge is -2.34. The summed E-state index contributed by atoms with van der Waals surface area (Å²) < 4.78 is 5.06. The summed E-state index contributed by atoms with van der Waals surface area (Å²) in [5.74, 6) is 0.586. The molecule has 63 heavy (non-hydrogen) atoms. The van der Waals surface area contributed by atoms with E-state index in [0.29, 0.717) is 5.92 Å². The minimum Gasteiger partial charge on any atom is -0.309 e. The maximum Gasteiger partial charge on any atom is 0.179 e. The van der Waals surface area contributed by atoms with Crippen molar-refractivity contribution in [2.75, 3.05) is 0 Å². The van der Waals surface area contributed by atoms with Gasteiger partial charge in [0.1, 0.15) is 0 Å². The van der Waals surface area contributed by atoms with Crippen molar-refractivity contribution in [3.05, 3.63) is 230 Å². The highest BCUT2D eigenvalue weighted by atomic mass is 28.3. The van der Waals surface area contributed by atoms with Gasteiger partial charge in [-0.1, -0.05) is 207 Å². The Morgan fingerprint density at radius 1 is 0.333 bits per heavy atom. The summed E-state index contributed by atoms with van der Waals surface area (Å²) in [4.78, 5) is 0. The standard InChI is InChI=1S/C60H48N2Si/c1-5-20-43(21-6-1)52-34-19-35-56-54-33-14-16-37-58(54)62(60(52)56)47-38-39-55-53-32-13-15-36-57(53)61(59(55)42-47)46-24-17-22-44(40-46)45-23-18-31-51(41-45)63(48-25-7-2-8-26-48,49-27-9-3-10-28-49)50-29-11-4-12-30-50/h2-4,7-19,22-43H,1,5-6,20-21H2. The Kier molecular flexibility index (Phi) is 9.30. The first kappa shape index (κ1) is 37.5. The first-order chi connectivity index (χ1) is 31.3. The van der Waals surface area contributed by atoms with Crippen LogP contribution in [0.1, 0.15) is 43.6 Å². The average molecular weight is 825 g/mol. The van der Waals surface area contributed by atoms with Crippen molar-refractivity contribution in [2.24, 2.45) is 0 Å². The van der Waals surface area contributed by atoms with E-state index in [1.54, 1.807) is 0 Å². The Morgan fingerprint density at radius 2 is 0.825 bits per heavy atom. The molecule has 1 aliphatic rings. The van der Waals surface area contributed by atoms with Crippen molar-refractivity contribution < 1.29 is 0 Å². The van der Waals surface area contributed by atoms with Crippen LogP contribution in [-0.4, -0.2) is 17.2 Å². The van der Waals surface area contributed by atoms with Gasteiger partial charge in [0.25, 0.3) is 0 Å². The molecule has 0 unspecified atom stereocenters. The van der Waals surface area contributed by atoms with E-state index in [9.17, 15) is 0 Å². The molecule has 2 aromatic heterocycles. The minimum atomic E-state index is -2.70. The van der Waals surface area contributed by atoms with Gasteiger partial charge in [0.15, 0.2) is 8.07 Å². The fraction of sp³-hybridized carbons (Fsp3) is 0.100. The van der Waals surface area contributed by atoms with Crippen LogP contribution in [0.5, 0.6) is 0 Å². The first-order valence-electron chi connectivity index (χ1n) is 22.7. The second-order valence-electron chi connectivity index (χ2n) is 17.5. The second kappa shape index (κ2) is 15.6. The molecule has 1 fully saturated rings. The molecule has 0 bridgehead atoms. The molecule has 302 valence electrons. The largest absolute Gasteiger partial charge is 0.309 e. The van der Waals surface area contributed by atoms with Gasteiger partial charge in [0, 0.05) is 32.9 Å². The smallest absolute Gasteiger partial charge is 0.179 e. The topological polar surface area (TPSA) is 9.86 Å². The number of nitrogens with zero attached hydrogens (tertiary/aromatic N) is 2. The Hall–Kier alpha value is -7.20. The summed E-state index contributed by atoms with van der Waals surface area (Å²) in [5, 5.41) is 10.7. The maximum atomic E-state index is 2.57. The molecule has 12 rings (SSSR count). The Bertz CT molecular complexity index is 3330. The number of hydrogen-bond donors (Lipinski definition) is 0. The third-order valence-electron chi connectivity index (χ3n) is 14.0. The summed E-state index contributed by atoms with van der Waals surface area (Å²) in [7, 11) is -2.70. The molecule has 0 radical (unpaired) electrons. The van der Waals surface area contributed by atoms with E-state index >= 15 is 0 Å². The van der Waals surface area contributed by atoms with Gasteiger partial charge < -0.3 is 9.13 Å². The van der Waals surface area contributed by atoms with Crippen molar-refractivity contribution in [1.82, 2.24) is 9.13 Å². The van der Waals surface area contributed by atoms with Crippen LogP contribution in [0, 0.1) is 0 Å². The fourth-order valence-electron chi connectivity index (χ4n) is 11.3. The summed E-state index contributed by atoms with van der Waals surface area (Å²) in [5.41, 5.74) is 11.3. The predicted octanol–water partition coefficient (Wildman–Crippen LogP) is 13.0. The molecule has 0 spiro atoms. The van der Waals surface area contributed by atoms with Crippen molar-refractivity contribution in [3.63, 3.8) is 0 Å². The van der Waals surface area contributed by atoms with Crippen molar-refractivity contribution >= 4 is 72.4 Å². The molecule has 11 aromatic rings. The van der Waals surface area contributed by atoms with E-state index in [4.69, 9.17) is 0 Å². The number of aromatic nitrogens is 2. The summed E-state index contributed by atoms with van der Waals surface area (Å²) in [6, 6.07) is 84.4. The molecule has 2 nitrogen and oxygen atoms in total. The van der Waals surface area contributed by atoms with E-state index in [1.165, 1.54) is 119 Å². The average Bonchev–Trinajstić information content (AvgIpc) is 3.88. The number of rotatable bonds is 8. The zero-order valence-electron chi connectivity index (χ0n) is 35.4. The zero-order valence-corrected chi connectivity index (χ0v) is 36.4. The number of benzene rings is 9. The van der Waals surface area contributed by atoms with Gasteiger partial charge in [-0.3, -0.25) is 0 Å². The highest BCUT2D eigenvalue weighted by Gasteiger charge is 2.41. The van der Waals surface area contributed by atoms with E-state index in [2.05, 4.69) is 234 Å². The number of para-hydroxylation sites is 3. The zero-order chi connectivity index (χ0) is 41.7. The molecule has 0 atom stereocenters. The molecule has 0 saturated heterocycles. The van der Waals surface area contributed by atoms with Gasteiger partial charge in [-0.15, -0.1) is 0 Å². The summed E-state index contributed by atoms with van der Waals surface area (Å²) in [6.45, 7) is 0. The monoisotopic (exact) mass is 824 g/mol. The minimum absolute atomic E-state index is 0.586.